The summed E-state index contributed by atoms with van der Waals surface area (Å²) in [5, 5.41) is 12.4. The number of carbonyl (C=O) groups excluding carboxylic acids is 2. The summed E-state index contributed by atoms with van der Waals surface area (Å²) in [7, 11) is 0. The second-order valence-corrected chi connectivity index (χ2v) is 5.37. The lowest BCUT2D eigenvalue weighted by Crippen LogP contribution is -2.37. The van der Waals surface area contributed by atoms with E-state index in [1.54, 1.807) is 12.1 Å². The lowest BCUT2D eigenvalue weighted by atomic mass is 10.2. The first-order chi connectivity index (χ1) is 7.41. The normalized spacial score (nSPS) is 9.94. The predicted molar refractivity (Wildman–Crippen MR) is 66.9 cm³/mol. The van der Waals surface area contributed by atoms with E-state index in [2.05, 4.69) is 53.1 Å². The van der Waals surface area contributed by atoms with Crippen molar-refractivity contribution in [1.29, 1.82) is 0 Å². The van der Waals surface area contributed by atoms with Crippen molar-refractivity contribution in [3.8, 4) is 0 Å². The first kappa shape index (κ1) is 13.7. The van der Waals surface area contributed by atoms with Crippen LogP contribution in [0.4, 0.5) is 0 Å². The molecule has 86 valence electrons. The third-order valence-corrected chi connectivity index (χ3v) is 4.10. The second kappa shape index (κ2) is 5.79. The lowest BCUT2D eigenvalue weighted by Gasteiger charge is -2.09. The van der Waals surface area contributed by atoms with Gasteiger partial charge in [0.1, 0.15) is 0 Å². The minimum atomic E-state index is -1.33. The molecule has 0 aliphatic rings. The number of aliphatic carboxylic acids is 1. The highest BCUT2D eigenvalue weighted by Crippen LogP contribution is 2.30. The number of halogens is 3. The van der Waals surface area contributed by atoms with E-state index in [1.807, 2.05) is 0 Å². The van der Waals surface area contributed by atoms with E-state index in [9.17, 15) is 14.7 Å². The van der Waals surface area contributed by atoms with Gasteiger partial charge in [0.25, 0.3) is 5.91 Å². The molecule has 0 fully saturated rings. The number of rotatable bonds is 3. The molecule has 0 aromatic heterocycles. The molecule has 1 N–H and O–H groups in total. The van der Waals surface area contributed by atoms with Crippen molar-refractivity contribution in [2.24, 2.45) is 0 Å². The molecule has 0 bridgehead atoms. The summed E-state index contributed by atoms with van der Waals surface area (Å²) in [5.74, 6) is -1.82. The number of carboxylic acid groups (broad SMARTS) is 1. The average molecular weight is 415 g/mol. The number of amides is 1. The summed E-state index contributed by atoms with van der Waals surface area (Å²) in [6.07, 6.45) is 0. The highest BCUT2D eigenvalue weighted by Gasteiger charge is 2.13. The predicted octanol–water partition coefficient (Wildman–Crippen LogP) is 1.45. The summed E-state index contributed by atoms with van der Waals surface area (Å²) in [5.41, 5.74) is 0.336. The zero-order valence-corrected chi connectivity index (χ0v) is 12.5. The monoisotopic (exact) mass is 412 g/mol. The quantitative estimate of drug-likeness (QED) is 0.761. The molecule has 4 nitrogen and oxygen atoms in total. The van der Waals surface area contributed by atoms with Crippen LogP contribution in [0.5, 0.6) is 0 Å². The molecule has 1 rings (SSSR count). The first-order valence-electron chi connectivity index (χ1n) is 4.04. The summed E-state index contributed by atoms with van der Waals surface area (Å²) >= 11 is 9.73. The number of hydrogen-bond acceptors (Lipinski definition) is 3. The summed E-state index contributed by atoms with van der Waals surface area (Å²) in [6, 6.07) is 3.35. The van der Waals surface area contributed by atoms with Crippen LogP contribution in [0.2, 0.25) is 0 Å². The number of nitrogens with one attached hydrogen (secondary N) is 1. The number of carboxylic acids is 1. The molecule has 1 aromatic carbocycles. The van der Waals surface area contributed by atoms with Crippen molar-refractivity contribution in [1.82, 2.24) is 5.32 Å². The van der Waals surface area contributed by atoms with E-state index in [0.717, 1.165) is 0 Å². The molecular weight excluding hydrogens is 410 g/mol. The highest BCUT2D eigenvalue weighted by atomic mass is 79.9. The Morgan fingerprint density at radius 1 is 1.25 bits per heavy atom. The fourth-order valence-corrected chi connectivity index (χ4v) is 2.60. The Hall–Kier alpha value is -0.400. The van der Waals surface area contributed by atoms with Crippen LogP contribution >= 0.6 is 47.8 Å². The third-order valence-electron chi connectivity index (χ3n) is 1.63. The molecule has 0 radical (unpaired) electrons. The molecule has 1 aromatic rings. The molecule has 0 saturated heterocycles. The van der Waals surface area contributed by atoms with Crippen LogP contribution in [0.1, 0.15) is 10.4 Å². The van der Waals surface area contributed by atoms with Crippen molar-refractivity contribution in [3.63, 3.8) is 0 Å². The maximum absolute atomic E-state index is 11.6. The lowest BCUT2D eigenvalue weighted by molar-refractivity contribution is -0.303. The minimum absolute atomic E-state index is 0.336. The van der Waals surface area contributed by atoms with Gasteiger partial charge in [-0.15, -0.1) is 0 Å². The van der Waals surface area contributed by atoms with Crippen molar-refractivity contribution in [2.75, 3.05) is 6.54 Å². The molecule has 0 heterocycles. The summed E-state index contributed by atoms with van der Waals surface area (Å²) < 4.78 is 1.97. The van der Waals surface area contributed by atoms with E-state index in [1.165, 1.54) is 0 Å². The standard InChI is InChI=1S/C9H6Br3NO3/c10-4-1-5(8(12)6(11)2-4)9(16)13-3-7(14)15/h1-2H,3H2,(H,13,16)(H,14,15)/p-1. The summed E-state index contributed by atoms with van der Waals surface area (Å²) in [4.78, 5) is 21.8. The Morgan fingerprint density at radius 3 is 2.44 bits per heavy atom. The highest BCUT2D eigenvalue weighted by molar-refractivity contribution is 9.13. The van der Waals surface area contributed by atoms with E-state index in [4.69, 9.17) is 0 Å². The topological polar surface area (TPSA) is 69.2 Å². The number of carbonyl (C=O) groups is 2. The Labute approximate surface area is 117 Å². The maximum atomic E-state index is 11.6. The molecule has 0 unspecified atom stereocenters. The van der Waals surface area contributed by atoms with Gasteiger partial charge >= 0.3 is 0 Å². The van der Waals surface area contributed by atoms with E-state index in [-0.39, 0.29) is 0 Å². The van der Waals surface area contributed by atoms with Gasteiger partial charge < -0.3 is 15.2 Å². The van der Waals surface area contributed by atoms with Crippen LogP contribution in [-0.4, -0.2) is 18.4 Å². The number of hydrogen-bond donors (Lipinski definition) is 1. The van der Waals surface area contributed by atoms with E-state index >= 15 is 0 Å². The van der Waals surface area contributed by atoms with Crippen molar-refractivity contribution in [3.05, 3.63) is 31.1 Å². The van der Waals surface area contributed by atoms with Crippen LogP contribution in [0.3, 0.4) is 0 Å². The van der Waals surface area contributed by atoms with Gasteiger partial charge in [0.15, 0.2) is 0 Å². The minimum Gasteiger partial charge on any atom is -0.548 e. The molecule has 0 aliphatic carbocycles. The molecule has 0 saturated carbocycles. The zero-order valence-electron chi connectivity index (χ0n) is 7.72. The van der Waals surface area contributed by atoms with Crippen molar-refractivity contribution in [2.45, 2.75) is 0 Å². The zero-order chi connectivity index (χ0) is 12.3. The second-order valence-electron chi connectivity index (χ2n) is 2.80. The van der Waals surface area contributed by atoms with Crippen LogP contribution < -0.4 is 10.4 Å². The fourth-order valence-electron chi connectivity index (χ4n) is 0.969. The molecule has 0 spiro atoms. The van der Waals surface area contributed by atoms with Crippen LogP contribution in [-0.2, 0) is 4.79 Å². The molecule has 7 heteroatoms. The van der Waals surface area contributed by atoms with Gasteiger partial charge in [0, 0.05) is 13.4 Å². The van der Waals surface area contributed by atoms with Crippen LogP contribution in [0, 0.1) is 0 Å². The first-order valence-corrected chi connectivity index (χ1v) is 6.42. The van der Waals surface area contributed by atoms with Gasteiger partial charge in [-0.05, 0) is 44.0 Å². The Morgan fingerprint density at radius 2 is 1.88 bits per heavy atom. The molecule has 1 amide bonds. The van der Waals surface area contributed by atoms with Crippen LogP contribution in [0.15, 0.2) is 25.6 Å². The van der Waals surface area contributed by atoms with E-state index < -0.39 is 18.4 Å². The van der Waals surface area contributed by atoms with Gasteiger partial charge in [0.2, 0.25) is 0 Å². The van der Waals surface area contributed by atoms with Gasteiger partial charge in [-0.3, -0.25) is 4.79 Å². The Bertz CT molecular complexity index is 448. The maximum Gasteiger partial charge on any atom is 0.252 e. The smallest absolute Gasteiger partial charge is 0.252 e. The summed E-state index contributed by atoms with van der Waals surface area (Å²) in [6.45, 7) is -0.518. The van der Waals surface area contributed by atoms with Crippen molar-refractivity contribution >= 4 is 59.7 Å². The van der Waals surface area contributed by atoms with Crippen LogP contribution in [0.25, 0.3) is 0 Å². The van der Waals surface area contributed by atoms with Gasteiger partial charge in [-0.25, -0.2) is 0 Å². The third kappa shape index (κ3) is 3.57. The Kier molecular flexibility index (Phi) is 4.94. The molecular formula is C9H5Br3NO3-. The molecule has 0 atom stereocenters. The largest absolute Gasteiger partial charge is 0.548 e. The average Bonchev–Trinajstić information content (AvgIpc) is 2.19. The fraction of sp³-hybridized carbons (Fsp3) is 0.111. The van der Waals surface area contributed by atoms with Gasteiger partial charge in [-0.2, -0.15) is 0 Å². The Balaban J connectivity index is 2.95. The van der Waals surface area contributed by atoms with Crippen molar-refractivity contribution < 1.29 is 14.7 Å². The van der Waals surface area contributed by atoms with Gasteiger partial charge in [-0.1, -0.05) is 15.9 Å². The van der Waals surface area contributed by atoms with Gasteiger partial charge in [0.05, 0.1) is 18.1 Å². The number of benzene rings is 1. The van der Waals surface area contributed by atoms with E-state index in [0.29, 0.717) is 19.0 Å². The molecule has 16 heavy (non-hydrogen) atoms. The molecule has 0 aliphatic heterocycles. The SMILES string of the molecule is O=C([O-])CNC(=O)c1cc(Br)cc(Br)c1Br.